The molecule has 3 N–H and O–H groups in total. The number of rotatable bonds is 7. The van der Waals surface area contributed by atoms with Crippen molar-refractivity contribution < 1.29 is 40.7 Å². The molecule has 244 valence electrons. The molecule has 0 spiro atoms. The van der Waals surface area contributed by atoms with E-state index >= 15 is 0 Å². The molecule has 3 atom stereocenters. The second kappa shape index (κ2) is 12.0. The lowest BCUT2D eigenvalue weighted by Gasteiger charge is -2.30. The number of sulfonamides is 1. The van der Waals surface area contributed by atoms with Gasteiger partial charge >= 0.3 is 11.0 Å². The molecule has 1 fully saturated rings. The largest absolute Gasteiger partial charge is 0.497 e. The molecule has 0 bridgehead atoms. The van der Waals surface area contributed by atoms with Crippen molar-refractivity contribution in [3.05, 3.63) is 98.5 Å². The maximum absolute atomic E-state index is 14.0. The second-order valence-electron chi connectivity index (χ2n) is 10.6. The summed E-state index contributed by atoms with van der Waals surface area (Å²) in [6.07, 6.45) is -4.71. The number of aromatic nitrogens is 1. The van der Waals surface area contributed by atoms with E-state index in [1.807, 2.05) is 0 Å². The summed E-state index contributed by atoms with van der Waals surface area (Å²) < 4.78 is 70.1. The number of ether oxygens (including phenoxy) is 1. The van der Waals surface area contributed by atoms with Gasteiger partial charge in [-0.05, 0) is 60.2 Å². The maximum Gasteiger partial charge on any atom is 0.416 e. The molecule has 0 aliphatic carbocycles. The Kier molecular flexibility index (Phi) is 8.27. The number of fused-ring (bicyclic) bond motifs is 2. The Labute approximate surface area is 273 Å². The zero-order valence-corrected chi connectivity index (χ0v) is 26.5. The zero-order chi connectivity index (χ0) is 33.8. The Bertz CT molecular complexity index is 2080. The Morgan fingerprint density at radius 1 is 1.00 bits per heavy atom. The van der Waals surface area contributed by atoms with Gasteiger partial charge in [-0.1, -0.05) is 41.3 Å². The van der Waals surface area contributed by atoms with Gasteiger partial charge in [-0.15, -0.1) is 0 Å². The molecule has 11 nitrogen and oxygen atoms in total. The number of anilines is 2. The van der Waals surface area contributed by atoms with E-state index < -0.39 is 68.0 Å². The van der Waals surface area contributed by atoms with E-state index in [2.05, 4.69) is 5.32 Å². The number of nitrogens with zero attached hydrogens (tertiary/aromatic N) is 2. The normalized spacial score (nSPS) is 19.3. The molecule has 3 amide bonds. The summed E-state index contributed by atoms with van der Waals surface area (Å²) in [5.41, 5.74) is -0.464. The van der Waals surface area contributed by atoms with Gasteiger partial charge in [0.25, 0.3) is 0 Å². The fraction of sp³-hybridized carbons (Fsp3) is 0.200. The minimum Gasteiger partial charge on any atom is -0.497 e. The Morgan fingerprint density at radius 3 is 2.30 bits per heavy atom. The van der Waals surface area contributed by atoms with E-state index in [1.54, 1.807) is 24.3 Å². The summed E-state index contributed by atoms with van der Waals surface area (Å²) in [7, 11) is -2.48. The molecular formula is C30H23F3N4O7S3. The van der Waals surface area contributed by atoms with Gasteiger partial charge in [-0.2, -0.15) is 13.2 Å². The highest BCUT2D eigenvalue weighted by atomic mass is 32.2. The van der Waals surface area contributed by atoms with Crippen LogP contribution in [0.1, 0.15) is 21.9 Å². The van der Waals surface area contributed by atoms with Crippen LogP contribution in [-0.4, -0.2) is 43.1 Å². The van der Waals surface area contributed by atoms with E-state index in [0.29, 0.717) is 16.2 Å². The molecule has 2 unspecified atom stereocenters. The van der Waals surface area contributed by atoms with Gasteiger partial charge in [-0.25, -0.2) is 18.5 Å². The van der Waals surface area contributed by atoms with Crippen LogP contribution in [0.2, 0.25) is 0 Å². The first-order chi connectivity index (χ1) is 22.2. The van der Waals surface area contributed by atoms with Crippen molar-refractivity contribution in [3.63, 3.8) is 0 Å². The standard InChI is InChI=1S/C30H23F3N4O7S3/c1-44-19-9-5-15(6-10-19)22-23-24(27(40)37(26(23)39)18-4-2-3-16(13-18)30(31,32)33)45-28-25(22)46-29(41)36(28)14-21(38)35-17-7-11-20(12-8-17)47(34,42)43/h2-13,22-24H,14H2,1H3,(H,35,38)(H2,34,42,43)/t22-,23?,24?/m0/s1. The first-order valence-electron chi connectivity index (χ1n) is 13.7. The van der Waals surface area contributed by atoms with Crippen molar-refractivity contribution >= 4 is 62.2 Å². The average Bonchev–Trinajstić information content (AvgIpc) is 3.46. The van der Waals surface area contributed by atoms with Crippen LogP contribution in [0, 0.1) is 5.92 Å². The molecular weight excluding hydrogens is 682 g/mol. The van der Waals surface area contributed by atoms with Gasteiger partial charge in [0.15, 0.2) is 0 Å². The monoisotopic (exact) mass is 704 g/mol. The fourth-order valence-corrected chi connectivity index (χ4v) is 8.86. The highest BCUT2D eigenvalue weighted by Gasteiger charge is 2.57. The number of amides is 3. The number of carbonyl (C=O) groups is 3. The van der Waals surface area contributed by atoms with Crippen LogP contribution in [0.25, 0.3) is 0 Å². The minimum atomic E-state index is -4.71. The number of nitrogens with two attached hydrogens (primary N) is 1. The summed E-state index contributed by atoms with van der Waals surface area (Å²) in [4.78, 5) is 54.7. The lowest BCUT2D eigenvalue weighted by Crippen LogP contribution is -2.33. The Morgan fingerprint density at radius 2 is 1.68 bits per heavy atom. The van der Waals surface area contributed by atoms with E-state index in [1.165, 1.54) is 42.0 Å². The Balaban J connectivity index is 1.38. The molecule has 3 aromatic carbocycles. The van der Waals surface area contributed by atoms with Crippen molar-refractivity contribution in [2.75, 3.05) is 17.3 Å². The van der Waals surface area contributed by atoms with Gasteiger partial charge in [0.2, 0.25) is 27.7 Å². The number of alkyl halides is 3. The second-order valence-corrected chi connectivity index (χ2v) is 14.3. The molecule has 1 saturated heterocycles. The first kappa shape index (κ1) is 32.5. The lowest BCUT2D eigenvalue weighted by molar-refractivity contribution is -0.137. The summed E-state index contributed by atoms with van der Waals surface area (Å²) >= 11 is 1.71. The summed E-state index contributed by atoms with van der Waals surface area (Å²) in [5, 5.41) is 6.85. The summed E-state index contributed by atoms with van der Waals surface area (Å²) in [6, 6.07) is 15.7. The number of hydrogen-bond donors (Lipinski definition) is 2. The van der Waals surface area contributed by atoms with Gasteiger partial charge in [-0.3, -0.25) is 23.7 Å². The number of primary sulfonamides is 1. The van der Waals surface area contributed by atoms with Crippen LogP contribution in [0.3, 0.4) is 0 Å². The van der Waals surface area contributed by atoms with Crippen LogP contribution < -0.4 is 25.0 Å². The predicted molar refractivity (Wildman–Crippen MR) is 167 cm³/mol. The molecule has 2 aliphatic heterocycles. The third kappa shape index (κ3) is 6.06. The van der Waals surface area contributed by atoms with Crippen LogP contribution in [-0.2, 0) is 37.1 Å². The third-order valence-electron chi connectivity index (χ3n) is 7.72. The number of thiazole rings is 1. The maximum atomic E-state index is 14.0. The molecule has 6 rings (SSSR count). The molecule has 2 aliphatic rings. The molecule has 4 aromatic rings. The highest BCUT2D eigenvalue weighted by Crippen LogP contribution is 2.54. The number of nitrogens with one attached hydrogen (secondary N) is 1. The number of thioether (sulfide) groups is 1. The van der Waals surface area contributed by atoms with Crippen LogP contribution in [0.5, 0.6) is 5.75 Å². The summed E-state index contributed by atoms with van der Waals surface area (Å²) in [6.45, 7) is -0.485. The Hall–Kier alpha value is -4.45. The van der Waals surface area contributed by atoms with Crippen molar-refractivity contribution in [1.29, 1.82) is 0 Å². The molecule has 47 heavy (non-hydrogen) atoms. The van der Waals surface area contributed by atoms with Gasteiger partial charge in [0, 0.05) is 16.5 Å². The van der Waals surface area contributed by atoms with E-state index in [0.717, 1.165) is 46.2 Å². The number of carbonyl (C=O) groups excluding carboxylic acids is 3. The lowest BCUT2D eigenvalue weighted by atomic mass is 9.83. The smallest absolute Gasteiger partial charge is 0.416 e. The highest BCUT2D eigenvalue weighted by molar-refractivity contribution is 8.00. The molecule has 0 saturated carbocycles. The zero-order valence-electron chi connectivity index (χ0n) is 24.1. The molecule has 3 heterocycles. The van der Waals surface area contributed by atoms with Crippen molar-refractivity contribution in [2.45, 2.75) is 33.8 Å². The topological polar surface area (TPSA) is 158 Å². The average molecular weight is 705 g/mol. The molecule has 0 radical (unpaired) electrons. The number of halogens is 3. The van der Waals surface area contributed by atoms with Crippen molar-refractivity contribution in [1.82, 2.24) is 4.57 Å². The number of methoxy groups -OCH3 is 1. The van der Waals surface area contributed by atoms with Crippen molar-refractivity contribution in [3.8, 4) is 5.75 Å². The predicted octanol–water partition coefficient (Wildman–Crippen LogP) is 4.02. The number of hydrogen-bond acceptors (Lipinski definition) is 9. The quantitative estimate of drug-likeness (QED) is 0.273. The van der Waals surface area contributed by atoms with Crippen LogP contribution >= 0.6 is 23.1 Å². The van der Waals surface area contributed by atoms with Gasteiger partial charge in [0.1, 0.15) is 17.5 Å². The van der Waals surface area contributed by atoms with Crippen LogP contribution in [0.15, 0.2) is 87.5 Å². The fourth-order valence-electron chi connectivity index (χ4n) is 5.57. The first-order valence-corrected chi connectivity index (χ1v) is 16.9. The van der Waals surface area contributed by atoms with E-state index in [-0.39, 0.29) is 21.3 Å². The number of benzene rings is 3. The van der Waals surface area contributed by atoms with Crippen molar-refractivity contribution in [2.24, 2.45) is 11.1 Å². The number of imide groups is 1. The summed E-state index contributed by atoms with van der Waals surface area (Å²) in [5.74, 6) is -3.51. The van der Waals surface area contributed by atoms with E-state index in [4.69, 9.17) is 9.88 Å². The third-order valence-corrected chi connectivity index (χ3v) is 11.3. The minimum absolute atomic E-state index is 0.163. The SMILES string of the molecule is COc1ccc([C@@H]2c3sc(=O)n(CC(=O)Nc4ccc(S(N)(=O)=O)cc4)c3SC3C(=O)N(c4cccc(C(F)(F)F)c4)C(=O)C32)cc1. The molecule has 17 heteroatoms. The van der Waals surface area contributed by atoms with Gasteiger partial charge in [0.05, 0.1) is 34.2 Å². The van der Waals surface area contributed by atoms with Gasteiger partial charge < -0.3 is 10.1 Å². The molecule has 1 aromatic heterocycles. The van der Waals surface area contributed by atoms with Crippen LogP contribution in [0.4, 0.5) is 24.5 Å². The van der Waals surface area contributed by atoms with E-state index in [9.17, 15) is 40.8 Å².